The average molecular weight is 342 g/mol. The fourth-order valence-corrected chi connectivity index (χ4v) is 3.03. The molecule has 0 amide bonds. The van der Waals surface area contributed by atoms with Crippen LogP contribution in [0.5, 0.6) is 0 Å². The Labute approximate surface area is 147 Å². The molecular formula is C18H20ClN5. The molecule has 2 heterocycles. The summed E-state index contributed by atoms with van der Waals surface area (Å²) >= 11 is 0. The van der Waals surface area contributed by atoms with Crippen molar-refractivity contribution in [2.45, 2.75) is 0 Å². The van der Waals surface area contributed by atoms with Gasteiger partial charge in [0.2, 0.25) is 5.95 Å². The molecule has 0 unspecified atom stereocenters. The van der Waals surface area contributed by atoms with E-state index in [1.807, 2.05) is 30.3 Å². The predicted octanol–water partition coefficient (Wildman–Crippen LogP) is 2.96. The molecule has 0 spiro atoms. The highest BCUT2D eigenvalue weighted by Gasteiger charge is 2.20. The summed E-state index contributed by atoms with van der Waals surface area (Å²) in [6.07, 6.45) is 0. The van der Waals surface area contributed by atoms with Crippen LogP contribution in [0, 0.1) is 0 Å². The highest BCUT2D eigenvalue weighted by Crippen LogP contribution is 2.23. The molecule has 1 fully saturated rings. The number of nitrogens with zero attached hydrogens (tertiary/aromatic N) is 4. The van der Waals surface area contributed by atoms with Crippen molar-refractivity contribution in [2.75, 3.05) is 41.7 Å². The maximum atomic E-state index is 6.09. The Morgan fingerprint density at radius 3 is 2.12 bits per heavy atom. The average Bonchev–Trinajstić information content (AvgIpc) is 2.63. The number of halogens is 1. The van der Waals surface area contributed by atoms with Crippen LogP contribution in [-0.2, 0) is 0 Å². The van der Waals surface area contributed by atoms with E-state index in [9.17, 15) is 0 Å². The Balaban J connectivity index is 0.00000169. The number of hydrogen-bond donors (Lipinski definition) is 1. The zero-order chi connectivity index (χ0) is 15.6. The van der Waals surface area contributed by atoms with Crippen LogP contribution in [-0.4, -0.2) is 36.1 Å². The lowest BCUT2D eigenvalue weighted by atomic mass is 10.2. The molecule has 24 heavy (non-hydrogen) atoms. The summed E-state index contributed by atoms with van der Waals surface area (Å²) in [6.45, 7) is 3.71. The summed E-state index contributed by atoms with van der Waals surface area (Å²) in [6, 6.07) is 18.4. The molecule has 1 aromatic heterocycles. The molecule has 3 aromatic rings. The summed E-state index contributed by atoms with van der Waals surface area (Å²) in [5, 5.41) is 0.916. The number of benzene rings is 2. The number of hydrogen-bond acceptors (Lipinski definition) is 5. The zero-order valence-electron chi connectivity index (χ0n) is 13.3. The highest BCUT2D eigenvalue weighted by molar-refractivity contribution is 5.88. The van der Waals surface area contributed by atoms with Gasteiger partial charge in [0.1, 0.15) is 5.82 Å². The van der Waals surface area contributed by atoms with Crippen LogP contribution >= 0.6 is 12.4 Å². The third kappa shape index (κ3) is 3.08. The third-order valence-corrected chi connectivity index (χ3v) is 4.30. The lowest BCUT2D eigenvalue weighted by Gasteiger charge is -2.36. The number of piperazine rings is 1. The molecule has 5 nitrogen and oxygen atoms in total. The number of anilines is 3. The van der Waals surface area contributed by atoms with Crippen molar-refractivity contribution in [3.63, 3.8) is 0 Å². The van der Waals surface area contributed by atoms with E-state index in [2.05, 4.69) is 44.0 Å². The van der Waals surface area contributed by atoms with Crippen molar-refractivity contribution in [3.05, 3.63) is 54.6 Å². The molecule has 2 N–H and O–H groups in total. The fourth-order valence-electron chi connectivity index (χ4n) is 3.03. The summed E-state index contributed by atoms with van der Waals surface area (Å²) in [7, 11) is 0. The normalized spacial score (nSPS) is 14.5. The van der Waals surface area contributed by atoms with E-state index in [4.69, 9.17) is 5.73 Å². The Morgan fingerprint density at radius 2 is 1.38 bits per heavy atom. The van der Waals surface area contributed by atoms with E-state index in [-0.39, 0.29) is 12.4 Å². The lowest BCUT2D eigenvalue weighted by molar-refractivity contribution is 0.641. The first-order valence-electron chi connectivity index (χ1n) is 7.88. The molecule has 0 atom stereocenters. The van der Waals surface area contributed by atoms with Gasteiger partial charge in [-0.25, -0.2) is 4.98 Å². The van der Waals surface area contributed by atoms with Crippen molar-refractivity contribution in [2.24, 2.45) is 0 Å². The quantitative estimate of drug-likeness (QED) is 0.776. The van der Waals surface area contributed by atoms with Crippen molar-refractivity contribution in [1.82, 2.24) is 9.97 Å². The van der Waals surface area contributed by atoms with E-state index in [1.54, 1.807) is 0 Å². The van der Waals surface area contributed by atoms with Gasteiger partial charge in [0.25, 0.3) is 0 Å². The summed E-state index contributed by atoms with van der Waals surface area (Å²) < 4.78 is 0. The molecule has 6 heteroatoms. The first-order chi connectivity index (χ1) is 11.3. The summed E-state index contributed by atoms with van der Waals surface area (Å²) in [5.74, 6) is 1.28. The van der Waals surface area contributed by atoms with E-state index in [1.165, 1.54) is 5.69 Å². The standard InChI is InChI=1S/C18H19N5.ClH/c19-17-15-8-4-5-9-16(15)20-18(21-17)23-12-10-22(11-13-23)14-6-2-1-3-7-14;/h1-9H,10-13H2,(H2,19,20,21);1H. The van der Waals surface area contributed by atoms with Crippen LogP contribution in [0.2, 0.25) is 0 Å². The molecule has 1 saturated heterocycles. The van der Waals surface area contributed by atoms with Gasteiger partial charge < -0.3 is 15.5 Å². The Bertz CT molecular complexity index is 816. The maximum absolute atomic E-state index is 6.09. The van der Waals surface area contributed by atoms with Gasteiger partial charge in [0, 0.05) is 37.3 Å². The van der Waals surface area contributed by atoms with Crippen molar-refractivity contribution >= 4 is 40.8 Å². The smallest absolute Gasteiger partial charge is 0.228 e. The van der Waals surface area contributed by atoms with Crippen molar-refractivity contribution < 1.29 is 0 Å². The molecule has 2 aromatic carbocycles. The van der Waals surface area contributed by atoms with Crippen LogP contribution in [0.25, 0.3) is 10.9 Å². The monoisotopic (exact) mass is 341 g/mol. The minimum Gasteiger partial charge on any atom is -0.383 e. The first-order valence-corrected chi connectivity index (χ1v) is 7.88. The van der Waals surface area contributed by atoms with Gasteiger partial charge in [0.05, 0.1) is 5.52 Å². The Hall–Kier alpha value is -2.53. The van der Waals surface area contributed by atoms with Gasteiger partial charge in [-0.3, -0.25) is 0 Å². The van der Waals surface area contributed by atoms with E-state index in [0.29, 0.717) is 5.82 Å². The predicted molar refractivity (Wildman–Crippen MR) is 102 cm³/mol. The molecule has 0 radical (unpaired) electrons. The molecule has 0 aliphatic carbocycles. The van der Waals surface area contributed by atoms with Crippen LogP contribution in [0.4, 0.5) is 17.5 Å². The number of nitrogen functional groups attached to an aromatic ring is 1. The van der Waals surface area contributed by atoms with E-state index < -0.39 is 0 Å². The van der Waals surface area contributed by atoms with E-state index in [0.717, 1.165) is 43.0 Å². The second kappa shape index (κ2) is 6.93. The van der Waals surface area contributed by atoms with Gasteiger partial charge in [-0.15, -0.1) is 12.4 Å². The highest BCUT2D eigenvalue weighted by atomic mass is 35.5. The van der Waals surface area contributed by atoms with Crippen LogP contribution in [0.3, 0.4) is 0 Å². The molecular weight excluding hydrogens is 322 g/mol. The fraction of sp³-hybridized carbons (Fsp3) is 0.222. The van der Waals surface area contributed by atoms with Crippen molar-refractivity contribution in [1.29, 1.82) is 0 Å². The SMILES string of the molecule is Cl.Nc1nc(N2CCN(c3ccccc3)CC2)nc2ccccc12. The number of fused-ring (bicyclic) bond motifs is 1. The topological polar surface area (TPSA) is 58.3 Å². The minimum absolute atomic E-state index is 0. The van der Waals surface area contributed by atoms with Crippen LogP contribution in [0.1, 0.15) is 0 Å². The zero-order valence-corrected chi connectivity index (χ0v) is 14.1. The summed E-state index contributed by atoms with van der Waals surface area (Å²) in [5.41, 5.74) is 8.27. The third-order valence-electron chi connectivity index (χ3n) is 4.30. The molecule has 124 valence electrons. The Kier molecular flexibility index (Phi) is 4.71. The molecule has 0 bridgehead atoms. The largest absolute Gasteiger partial charge is 0.383 e. The first kappa shape index (κ1) is 16.3. The number of nitrogens with two attached hydrogens (primary N) is 1. The van der Waals surface area contributed by atoms with Gasteiger partial charge in [0.15, 0.2) is 0 Å². The molecule has 1 aliphatic heterocycles. The second-order valence-corrected chi connectivity index (χ2v) is 5.74. The molecule has 1 aliphatic rings. The maximum Gasteiger partial charge on any atom is 0.228 e. The van der Waals surface area contributed by atoms with Gasteiger partial charge in [-0.2, -0.15) is 4.98 Å². The van der Waals surface area contributed by atoms with Crippen LogP contribution in [0.15, 0.2) is 54.6 Å². The van der Waals surface area contributed by atoms with E-state index >= 15 is 0 Å². The summed E-state index contributed by atoms with van der Waals surface area (Å²) in [4.78, 5) is 13.8. The van der Waals surface area contributed by atoms with Crippen molar-refractivity contribution in [3.8, 4) is 0 Å². The lowest BCUT2D eigenvalue weighted by Crippen LogP contribution is -2.47. The number of rotatable bonds is 2. The Morgan fingerprint density at radius 1 is 0.750 bits per heavy atom. The second-order valence-electron chi connectivity index (χ2n) is 5.74. The number of para-hydroxylation sites is 2. The minimum atomic E-state index is 0. The van der Waals surface area contributed by atoms with Gasteiger partial charge in [-0.05, 0) is 24.3 Å². The van der Waals surface area contributed by atoms with Gasteiger partial charge >= 0.3 is 0 Å². The molecule has 4 rings (SSSR count). The number of aromatic nitrogens is 2. The van der Waals surface area contributed by atoms with Crippen LogP contribution < -0.4 is 15.5 Å². The molecule has 0 saturated carbocycles. The van der Waals surface area contributed by atoms with Gasteiger partial charge in [-0.1, -0.05) is 30.3 Å².